The van der Waals surface area contributed by atoms with Gasteiger partial charge >= 0.3 is 9.05 Å². The van der Waals surface area contributed by atoms with Crippen LogP contribution in [0.4, 0.5) is 0 Å². The van der Waals surface area contributed by atoms with Crippen LogP contribution in [0.1, 0.15) is 0 Å². The largest absolute Gasteiger partial charge is 0.646 e. The van der Waals surface area contributed by atoms with E-state index in [9.17, 15) is 0 Å². The normalized spacial score (nSPS) is 18.9. The quantitative estimate of drug-likeness (QED) is 0.409. The van der Waals surface area contributed by atoms with Crippen molar-refractivity contribution in [3.05, 3.63) is 0 Å². The first kappa shape index (κ1) is 15.1. The minimum atomic E-state index is -2.62. The number of hydrogen-bond acceptors (Lipinski definition) is 4. The van der Waals surface area contributed by atoms with Crippen LogP contribution in [0.2, 0.25) is 19.6 Å². The standard InChI is InChI=1S/C5H21O4PSi4/c1-10-5-6-14(7-11-2,8-12-3)9-13-4/h10H,5,11-13H2,1-4H3. The topological polar surface area (TPSA) is 36.9 Å². The molecule has 0 rings (SSSR count). The second-order valence-corrected chi connectivity index (χ2v) is 9.92. The molecule has 0 aliphatic heterocycles. The van der Waals surface area contributed by atoms with Crippen LogP contribution in [-0.2, 0) is 16.8 Å². The molecule has 9 heteroatoms. The highest BCUT2D eigenvalue weighted by atomic mass is 31.1. The van der Waals surface area contributed by atoms with Crippen molar-refractivity contribution in [2.45, 2.75) is 19.6 Å². The molecule has 0 aliphatic rings. The predicted octanol–water partition coefficient (Wildman–Crippen LogP) is -0.850. The van der Waals surface area contributed by atoms with Crippen LogP contribution in [0.5, 0.6) is 0 Å². The van der Waals surface area contributed by atoms with E-state index in [0.717, 1.165) is 8.58 Å². The molecule has 0 aromatic rings. The maximum Gasteiger partial charge on any atom is 0.646 e. The van der Waals surface area contributed by atoms with Gasteiger partial charge in [-0.15, -0.1) is 0 Å². The summed E-state index contributed by atoms with van der Waals surface area (Å²) in [4.78, 5) is 0. The van der Waals surface area contributed by atoms with E-state index in [2.05, 4.69) is 26.3 Å². The molecule has 0 amide bonds. The molecular weight excluding hydrogens is 267 g/mol. The van der Waals surface area contributed by atoms with Crippen LogP contribution < -0.4 is 0 Å². The van der Waals surface area contributed by atoms with E-state index in [1.165, 1.54) is 0 Å². The lowest BCUT2D eigenvalue weighted by Gasteiger charge is -2.28. The summed E-state index contributed by atoms with van der Waals surface area (Å²) in [5.41, 5.74) is 0. The Morgan fingerprint density at radius 1 is 1.00 bits per heavy atom. The molecule has 0 heterocycles. The highest BCUT2D eigenvalue weighted by Gasteiger charge is 2.42. The van der Waals surface area contributed by atoms with Gasteiger partial charge in [0, 0.05) is 0 Å². The van der Waals surface area contributed by atoms with E-state index in [1.807, 2.05) is 0 Å². The third-order valence-electron chi connectivity index (χ3n) is 1.36. The van der Waals surface area contributed by atoms with E-state index in [-0.39, 0.29) is 0 Å². The Bertz CT molecular complexity index is 124. The molecule has 86 valence electrons. The Morgan fingerprint density at radius 2 is 1.43 bits per heavy atom. The molecule has 0 radical (unpaired) electrons. The summed E-state index contributed by atoms with van der Waals surface area (Å²) in [6.07, 6.45) is 0.712. The molecule has 0 bridgehead atoms. The third kappa shape index (κ3) is 5.88. The Kier molecular flexibility index (Phi) is 10.1. The van der Waals surface area contributed by atoms with Crippen LogP contribution >= 0.6 is 8.58 Å². The van der Waals surface area contributed by atoms with Gasteiger partial charge in [-0.25, -0.2) is 0 Å². The molecule has 0 saturated heterocycles. The van der Waals surface area contributed by atoms with Gasteiger partial charge in [0.05, 0.1) is 6.35 Å². The molecule has 0 aliphatic carbocycles. The molecule has 1 unspecified atom stereocenters. The van der Waals surface area contributed by atoms with Crippen molar-refractivity contribution in [2.24, 2.45) is 0 Å². The first-order chi connectivity index (χ1) is 6.74. The van der Waals surface area contributed by atoms with Crippen LogP contribution in [0.25, 0.3) is 0 Å². The first-order valence-electron chi connectivity index (χ1n) is 4.95. The maximum atomic E-state index is 5.70. The van der Waals surface area contributed by atoms with Gasteiger partial charge in [0.25, 0.3) is 0 Å². The van der Waals surface area contributed by atoms with Gasteiger partial charge in [0.2, 0.25) is 0 Å². The van der Waals surface area contributed by atoms with E-state index in [0.29, 0.717) is 6.35 Å². The molecule has 0 aromatic heterocycles. The minimum absolute atomic E-state index is 0.524. The molecule has 0 fully saturated rings. The molecule has 0 N–H and O–H groups in total. The summed E-state index contributed by atoms with van der Waals surface area (Å²) in [6, 6.07) is 0. The van der Waals surface area contributed by atoms with Gasteiger partial charge in [0.15, 0.2) is 29.3 Å². The zero-order valence-electron chi connectivity index (χ0n) is 9.46. The van der Waals surface area contributed by atoms with Gasteiger partial charge < -0.3 is 16.8 Å². The van der Waals surface area contributed by atoms with Gasteiger partial charge in [-0.2, -0.15) is 0 Å². The fourth-order valence-electron chi connectivity index (χ4n) is 0.941. The van der Waals surface area contributed by atoms with Crippen molar-refractivity contribution < 1.29 is 16.8 Å². The van der Waals surface area contributed by atoms with Gasteiger partial charge in [-0.05, 0) is 6.66 Å². The van der Waals surface area contributed by atoms with Crippen molar-refractivity contribution in [1.29, 1.82) is 0 Å². The Labute approximate surface area is 96.5 Å². The third-order valence-corrected chi connectivity index (χ3v) is 10.3. The average Bonchev–Trinajstić information content (AvgIpc) is 2.16. The molecule has 1 atom stereocenters. The van der Waals surface area contributed by atoms with E-state index in [1.54, 1.807) is 0 Å². The smallest absolute Gasteiger partial charge is 0.401 e. The lowest BCUT2D eigenvalue weighted by Crippen LogP contribution is -2.50. The van der Waals surface area contributed by atoms with Crippen LogP contribution in [-0.4, -0.2) is 51.4 Å². The average molecular weight is 289 g/mol. The zero-order valence-corrected chi connectivity index (χ0v) is 15.7. The molecular formula is C5H21O4PSi4. The molecule has 4 nitrogen and oxygen atoms in total. The summed E-state index contributed by atoms with van der Waals surface area (Å²) in [5, 5.41) is 0. The van der Waals surface area contributed by atoms with E-state index >= 15 is 0 Å². The summed E-state index contributed by atoms with van der Waals surface area (Å²) in [5.74, 6) is 0. The van der Waals surface area contributed by atoms with Crippen molar-refractivity contribution in [1.82, 2.24) is 0 Å². The highest BCUT2D eigenvalue weighted by molar-refractivity contribution is 7.36. The Morgan fingerprint density at radius 3 is 1.71 bits per heavy atom. The van der Waals surface area contributed by atoms with Crippen molar-refractivity contribution in [2.75, 3.05) is 13.0 Å². The highest BCUT2D eigenvalue weighted by Crippen LogP contribution is 2.14. The number of hydrogen-bond donors (Lipinski definition) is 0. The van der Waals surface area contributed by atoms with Gasteiger partial charge in [-0.1, -0.05) is 28.2 Å². The van der Waals surface area contributed by atoms with Crippen LogP contribution in [0.15, 0.2) is 0 Å². The molecule has 0 aromatic carbocycles. The summed E-state index contributed by atoms with van der Waals surface area (Å²) < 4.78 is 22.8. The second kappa shape index (κ2) is 9.37. The fraction of sp³-hybridized carbons (Fsp3) is 1.00. The van der Waals surface area contributed by atoms with Gasteiger partial charge in [-0.3, -0.25) is 0 Å². The molecule has 14 heavy (non-hydrogen) atoms. The zero-order chi connectivity index (χ0) is 10.9. The SMILES string of the molecule is C[SiH2]O[Si](OCPC)(O[SiH2]C)O[SiH2]C. The van der Waals surface area contributed by atoms with Crippen molar-refractivity contribution >= 4 is 46.9 Å². The molecule has 0 spiro atoms. The van der Waals surface area contributed by atoms with Crippen molar-refractivity contribution in [3.63, 3.8) is 0 Å². The van der Waals surface area contributed by atoms with E-state index < -0.39 is 38.3 Å². The monoisotopic (exact) mass is 288 g/mol. The van der Waals surface area contributed by atoms with Gasteiger partial charge in [0.1, 0.15) is 0 Å². The number of rotatable bonds is 9. The van der Waals surface area contributed by atoms with E-state index in [4.69, 9.17) is 16.8 Å². The predicted molar refractivity (Wildman–Crippen MR) is 72.4 cm³/mol. The first-order valence-corrected chi connectivity index (χ1v) is 14.3. The summed E-state index contributed by atoms with van der Waals surface area (Å²) >= 11 is 0. The Hall–Kier alpha value is 1.14. The minimum Gasteiger partial charge on any atom is -0.401 e. The fourth-order valence-corrected chi connectivity index (χ4v) is 10.7. The molecule has 0 saturated carbocycles. The van der Waals surface area contributed by atoms with Crippen LogP contribution in [0.3, 0.4) is 0 Å². The maximum absolute atomic E-state index is 5.70. The lowest BCUT2D eigenvalue weighted by molar-refractivity contribution is 0.120. The second-order valence-electron chi connectivity index (χ2n) is 2.44. The summed E-state index contributed by atoms with van der Waals surface area (Å²) in [6.45, 7) is 8.36. The summed E-state index contributed by atoms with van der Waals surface area (Å²) in [7, 11) is -3.43. The van der Waals surface area contributed by atoms with Crippen molar-refractivity contribution in [3.8, 4) is 0 Å². The Balaban J connectivity index is 4.21. The van der Waals surface area contributed by atoms with Crippen LogP contribution in [0, 0.1) is 0 Å². The lowest BCUT2D eigenvalue weighted by atomic mass is 11.7.